The number of nitrogens with two attached hydrogens (primary N) is 1. The van der Waals surface area contributed by atoms with Crippen molar-refractivity contribution in [3.8, 4) is 0 Å². The van der Waals surface area contributed by atoms with Crippen LogP contribution in [-0.4, -0.2) is 10.9 Å². The predicted molar refractivity (Wildman–Crippen MR) is 66.4 cm³/mol. The molecule has 4 N–H and O–H groups in total. The van der Waals surface area contributed by atoms with Gasteiger partial charge in [-0.2, -0.15) is 0 Å². The maximum Gasteiger partial charge on any atom is 0.257 e. The fourth-order valence-electron chi connectivity index (χ4n) is 1.42. The lowest BCUT2D eigenvalue weighted by Gasteiger charge is -2.07. The van der Waals surface area contributed by atoms with Gasteiger partial charge in [0, 0.05) is 6.20 Å². The van der Waals surface area contributed by atoms with Gasteiger partial charge in [-0.1, -0.05) is 6.07 Å². The second-order valence-electron chi connectivity index (χ2n) is 3.63. The number of nitrogens with one attached hydrogen (secondary N) is 2. The minimum atomic E-state index is -0.846. The highest BCUT2D eigenvalue weighted by atomic mass is 19.1. The zero-order valence-electron chi connectivity index (χ0n) is 9.65. The summed E-state index contributed by atoms with van der Waals surface area (Å²) >= 11 is 0. The molecule has 0 unspecified atom stereocenters. The Hall–Kier alpha value is -2.54. The van der Waals surface area contributed by atoms with Crippen LogP contribution >= 0.6 is 0 Å². The number of nitrogen functional groups attached to an aromatic ring is 1. The van der Waals surface area contributed by atoms with E-state index >= 15 is 0 Å². The normalized spacial score (nSPS) is 10.1. The van der Waals surface area contributed by atoms with Gasteiger partial charge in [0.1, 0.15) is 23.1 Å². The number of anilines is 2. The van der Waals surface area contributed by atoms with Crippen LogP contribution in [0.25, 0.3) is 0 Å². The molecule has 0 aliphatic carbocycles. The molecule has 1 aromatic heterocycles. The van der Waals surface area contributed by atoms with Crippen LogP contribution in [0.1, 0.15) is 10.4 Å². The lowest BCUT2D eigenvalue weighted by atomic mass is 10.2. The van der Waals surface area contributed by atoms with E-state index in [0.29, 0.717) is 5.82 Å². The average Bonchev–Trinajstić information content (AvgIpc) is 2.43. The second-order valence-corrected chi connectivity index (χ2v) is 3.63. The topological polar surface area (TPSA) is 80.0 Å². The molecule has 0 fully saturated rings. The molecule has 1 amide bonds. The molecule has 2 rings (SSSR count). The molecule has 5 nitrogen and oxygen atoms in total. The first-order chi connectivity index (χ1) is 9.11. The quantitative estimate of drug-likeness (QED) is 0.584. The summed E-state index contributed by atoms with van der Waals surface area (Å²) in [5.41, 5.74) is 1.96. The van der Waals surface area contributed by atoms with Crippen LogP contribution in [0.3, 0.4) is 0 Å². The number of para-hydroxylation sites is 1. The van der Waals surface area contributed by atoms with Gasteiger partial charge in [-0.25, -0.2) is 19.6 Å². The van der Waals surface area contributed by atoms with Crippen LogP contribution in [0.15, 0.2) is 36.5 Å². The molecule has 7 heteroatoms. The summed E-state index contributed by atoms with van der Waals surface area (Å²) < 4.78 is 26.7. The van der Waals surface area contributed by atoms with E-state index in [-0.39, 0.29) is 5.56 Å². The zero-order chi connectivity index (χ0) is 13.8. The molecule has 0 bridgehead atoms. The molecular weight excluding hydrogens is 254 g/mol. The minimum Gasteiger partial charge on any atom is -0.317 e. The van der Waals surface area contributed by atoms with E-state index in [0.717, 1.165) is 12.1 Å². The fourth-order valence-corrected chi connectivity index (χ4v) is 1.42. The smallest absolute Gasteiger partial charge is 0.257 e. The van der Waals surface area contributed by atoms with Crippen molar-refractivity contribution in [1.29, 1.82) is 0 Å². The molecule has 0 saturated heterocycles. The van der Waals surface area contributed by atoms with Crippen molar-refractivity contribution in [3.63, 3.8) is 0 Å². The minimum absolute atomic E-state index is 0.154. The summed E-state index contributed by atoms with van der Waals surface area (Å²) in [4.78, 5) is 15.6. The van der Waals surface area contributed by atoms with Crippen molar-refractivity contribution in [2.75, 3.05) is 10.7 Å². The van der Waals surface area contributed by atoms with E-state index in [4.69, 9.17) is 5.84 Å². The Balaban J connectivity index is 2.20. The van der Waals surface area contributed by atoms with Crippen LogP contribution in [0.5, 0.6) is 0 Å². The van der Waals surface area contributed by atoms with Crippen molar-refractivity contribution in [3.05, 3.63) is 53.7 Å². The molecular formula is C12H10F2N4O. The van der Waals surface area contributed by atoms with Gasteiger partial charge < -0.3 is 10.7 Å². The maximum absolute atomic E-state index is 13.3. The molecule has 0 aliphatic heterocycles. The number of hydrazine groups is 1. The molecule has 0 spiro atoms. The fraction of sp³-hybridized carbons (Fsp3) is 0. The number of carbonyl (C=O) groups is 1. The molecule has 98 valence electrons. The van der Waals surface area contributed by atoms with Crippen molar-refractivity contribution in [2.24, 2.45) is 5.84 Å². The molecule has 0 atom stereocenters. The molecule has 0 saturated carbocycles. The summed E-state index contributed by atoms with van der Waals surface area (Å²) in [5.74, 6) is 3.14. The summed E-state index contributed by atoms with van der Waals surface area (Å²) in [5, 5.41) is 2.15. The van der Waals surface area contributed by atoms with E-state index in [1.807, 2.05) is 0 Å². The standard InChI is InChI=1S/C12H10F2N4O/c13-8-2-1-3-9(14)11(8)17-12(19)7-4-5-10(18-15)16-6-7/h1-6H,15H2,(H,16,18)(H,17,19). The largest absolute Gasteiger partial charge is 0.317 e. The number of benzene rings is 1. The molecule has 19 heavy (non-hydrogen) atoms. The lowest BCUT2D eigenvalue weighted by Crippen LogP contribution is -2.15. The van der Waals surface area contributed by atoms with E-state index in [1.165, 1.54) is 24.4 Å². The number of amides is 1. The average molecular weight is 264 g/mol. The third-order valence-electron chi connectivity index (χ3n) is 2.37. The van der Waals surface area contributed by atoms with Gasteiger partial charge >= 0.3 is 0 Å². The van der Waals surface area contributed by atoms with Crippen LogP contribution in [0.4, 0.5) is 20.3 Å². The third kappa shape index (κ3) is 2.83. The van der Waals surface area contributed by atoms with Crippen molar-refractivity contribution >= 4 is 17.4 Å². The summed E-state index contributed by atoms with van der Waals surface area (Å²) in [6, 6.07) is 6.21. The number of hydrogen-bond donors (Lipinski definition) is 3. The van der Waals surface area contributed by atoms with Gasteiger partial charge in [0.05, 0.1) is 5.56 Å². The summed E-state index contributed by atoms with van der Waals surface area (Å²) in [6.45, 7) is 0. The summed E-state index contributed by atoms with van der Waals surface area (Å²) in [6.07, 6.45) is 1.24. The Bertz CT molecular complexity index is 581. The van der Waals surface area contributed by atoms with Gasteiger partial charge in [0.15, 0.2) is 0 Å². The number of aromatic nitrogens is 1. The number of rotatable bonds is 3. The number of nitrogens with zero attached hydrogens (tertiary/aromatic N) is 1. The van der Waals surface area contributed by atoms with Gasteiger partial charge in [0.2, 0.25) is 0 Å². The van der Waals surface area contributed by atoms with Crippen LogP contribution in [-0.2, 0) is 0 Å². The Labute approximate surface area is 107 Å². The Morgan fingerprint density at radius 2 is 1.84 bits per heavy atom. The molecule has 2 aromatic rings. The zero-order valence-corrected chi connectivity index (χ0v) is 9.65. The van der Waals surface area contributed by atoms with E-state index in [9.17, 15) is 13.6 Å². The predicted octanol–water partition coefficient (Wildman–Crippen LogP) is 1.90. The first-order valence-corrected chi connectivity index (χ1v) is 5.30. The van der Waals surface area contributed by atoms with Crippen LogP contribution < -0.4 is 16.6 Å². The molecule has 1 aromatic carbocycles. The van der Waals surface area contributed by atoms with Gasteiger partial charge in [0.25, 0.3) is 5.91 Å². The second kappa shape index (κ2) is 5.40. The Morgan fingerprint density at radius 1 is 1.16 bits per heavy atom. The lowest BCUT2D eigenvalue weighted by molar-refractivity contribution is 0.102. The first kappa shape index (κ1) is 12.9. The van der Waals surface area contributed by atoms with Crippen molar-refractivity contribution in [1.82, 2.24) is 4.98 Å². The number of carbonyl (C=O) groups excluding carboxylic acids is 1. The van der Waals surface area contributed by atoms with Gasteiger partial charge in [-0.05, 0) is 24.3 Å². The van der Waals surface area contributed by atoms with Crippen molar-refractivity contribution < 1.29 is 13.6 Å². The number of pyridine rings is 1. The molecule has 1 heterocycles. The number of hydrogen-bond acceptors (Lipinski definition) is 4. The van der Waals surface area contributed by atoms with Crippen molar-refractivity contribution in [2.45, 2.75) is 0 Å². The molecule has 0 radical (unpaired) electrons. The highest BCUT2D eigenvalue weighted by Gasteiger charge is 2.13. The van der Waals surface area contributed by atoms with E-state index in [2.05, 4.69) is 15.7 Å². The monoisotopic (exact) mass is 264 g/mol. The summed E-state index contributed by atoms with van der Waals surface area (Å²) in [7, 11) is 0. The highest BCUT2D eigenvalue weighted by Crippen LogP contribution is 2.18. The van der Waals surface area contributed by atoms with Crippen LogP contribution in [0.2, 0.25) is 0 Å². The van der Waals surface area contributed by atoms with E-state index < -0.39 is 23.2 Å². The Morgan fingerprint density at radius 3 is 2.37 bits per heavy atom. The van der Waals surface area contributed by atoms with E-state index in [1.54, 1.807) is 0 Å². The maximum atomic E-state index is 13.3. The third-order valence-corrected chi connectivity index (χ3v) is 2.37. The highest BCUT2D eigenvalue weighted by molar-refractivity contribution is 6.04. The van der Waals surface area contributed by atoms with Gasteiger partial charge in [-0.3, -0.25) is 4.79 Å². The molecule has 0 aliphatic rings. The van der Waals surface area contributed by atoms with Crippen LogP contribution in [0, 0.1) is 11.6 Å². The first-order valence-electron chi connectivity index (χ1n) is 5.30. The number of halogens is 2. The van der Waals surface area contributed by atoms with Gasteiger partial charge in [-0.15, -0.1) is 0 Å². The SMILES string of the molecule is NNc1ccc(C(=O)Nc2c(F)cccc2F)cn1. The Kier molecular flexibility index (Phi) is 3.67.